The number of halogens is 2. The molecule has 0 aliphatic carbocycles. The largest absolute Gasteiger partial charge is 0.323 e. The average molecular weight is 406 g/mol. The molecule has 1 N–H and O–H groups in total. The number of nitrogens with one attached hydrogen (secondary N) is 1. The smallest absolute Gasteiger partial charge is 0.237 e. The van der Waals surface area contributed by atoms with Crippen LogP contribution in [0.3, 0.4) is 0 Å². The van der Waals surface area contributed by atoms with Crippen molar-refractivity contribution in [1.82, 2.24) is 20.2 Å². The second-order valence-electron chi connectivity index (χ2n) is 6.04. The highest BCUT2D eigenvalue weighted by molar-refractivity contribution is 8.00. The van der Waals surface area contributed by atoms with Gasteiger partial charge in [-0.25, -0.2) is 4.39 Å². The molecule has 1 heterocycles. The fourth-order valence-electron chi connectivity index (χ4n) is 2.48. The van der Waals surface area contributed by atoms with Crippen LogP contribution in [0.5, 0.6) is 0 Å². The molecule has 1 aromatic heterocycles. The Morgan fingerprint density at radius 3 is 2.74 bits per heavy atom. The number of carbonyl (C=O) groups is 1. The van der Waals surface area contributed by atoms with E-state index < -0.39 is 11.1 Å². The third-order valence-electron chi connectivity index (χ3n) is 3.86. The van der Waals surface area contributed by atoms with Crippen LogP contribution in [0.4, 0.5) is 10.1 Å². The summed E-state index contributed by atoms with van der Waals surface area (Å²) < 4.78 is 15.5. The quantitative estimate of drug-likeness (QED) is 0.644. The molecule has 3 rings (SSSR count). The molecule has 0 saturated heterocycles. The summed E-state index contributed by atoms with van der Waals surface area (Å²) in [6.07, 6.45) is 0. The normalized spacial score (nSPS) is 12.0. The first-order valence-corrected chi connectivity index (χ1v) is 9.39. The Balaban J connectivity index is 1.76. The average Bonchev–Trinajstić information content (AvgIpc) is 3.05. The SMILES string of the molecule is Cc1ccc(-n2nnnc2S[C@H](C)C(=O)Nc2ccc(Cl)cc2F)c(C)c1. The maximum absolute atomic E-state index is 13.9. The molecular weight excluding hydrogens is 389 g/mol. The monoisotopic (exact) mass is 405 g/mol. The Labute approximate surface area is 165 Å². The molecular formula is C18H17ClFN5OS. The molecule has 0 saturated carbocycles. The maximum atomic E-state index is 13.9. The first-order chi connectivity index (χ1) is 12.8. The lowest BCUT2D eigenvalue weighted by Gasteiger charge is -2.13. The Morgan fingerprint density at radius 2 is 2.04 bits per heavy atom. The Hall–Kier alpha value is -2.45. The minimum absolute atomic E-state index is 0.0748. The summed E-state index contributed by atoms with van der Waals surface area (Å²) in [5.74, 6) is -0.954. The Kier molecular flexibility index (Phi) is 5.76. The van der Waals surface area contributed by atoms with Gasteiger partial charge in [0.15, 0.2) is 0 Å². The van der Waals surface area contributed by atoms with Gasteiger partial charge in [-0.15, -0.1) is 5.10 Å². The lowest BCUT2D eigenvalue weighted by atomic mass is 10.1. The molecule has 2 aromatic carbocycles. The number of aryl methyl sites for hydroxylation is 2. The van der Waals surface area contributed by atoms with Crippen molar-refractivity contribution in [1.29, 1.82) is 0 Å². The fourth-order valence-corrected chi connectivity index (χ4v) is 3.44. The number of hydrogen-bond donors (Lipinski definition) is 1. The van der Waals surface area contributed by atoms with Crippen molar-refractivity contribution in [2.24, 2.45) is 0 Å². The summed E-state index contributed by atoms with van der Waals surface area (Å²) in [6.45, 7) is 5.68. The molecule has 3 aromatic rings. The second kappa shape index (κ2) is 8.06. The highest BCUT2D eigenvalue weighted by Gasteiger charge is 2.21. The fraction of sp³-hybridized carbons (Fsp3) is 0.222. The minimum atomic E-state index is -0.590. The van der Waals surface area contributed by atoms with Gasteiger partial charge in [0.25, 0.3) is 0 Å². The van der Waals surface area contributed by atoms with Crippen LogP contribution in [0.25, 0.3) is 5.69 Å². The van der Waals surface area contributed by atoms with Crippen LogP contribution in [0.1, 0.15) is 18.1 Å². The van der Waals surface area contributed by atoms with E-state index in [4.69, 9.17) is 11.6 Å². The third kappa shape index (κ3) is 4.45. The molecule has 27 heavy (non-hydrogen) atoms. The van der Waals surface area contributed by atoms with E-state index in [1.165, 1.54) is 23.9 Å². The van der Waals surface area contributed by atoms with Crippen LogP contribution >= 0.6 is 23.4 Å². The van der Waals surface area contributed by atoms with Gasteiger partial charge in [0.2, 0.25) is 11.1 Å². The number of thioether (sulfide) groups is 1. The van der Waals surface area contributed by atoms with Gasteiger partial charge in [0.1, 0.15) is 5.82 Å². The van der Waals surface area contributed by atoms with E-state index in [0.717, 1.165) is 22.9 Å². The van der Waals surface area contributed by atoms with E-state index in [0.29, 0.717) is 5.16 Å². The Morgan fingerprint density at radius 1 is 1.26 bits per heavy atom. The van der Waals surface area contributed by atoms with Crippen molar-refractivity contribution < 1.29 is 9.18 Å². The number of anilines is 1. The molecule has 6 nitrogen and oxygen atoms in total. The lowest BCUT2D eigenvalue weighted by Crippen LogP contribution is -2.23. The molecule has 0 unspecified atom stereocenters. The summed E-state index contributed by atoms with van der Waals surface area (Å²) in [5.41, 5.74) is 3.07. The number of carbonyl (C=O) groups excluding carboxylic acids is 1. The first kappa shape index (κ1) is 19.3. The number of aromatic nitrogens is 4. The van der Waals surface area contributed by atoms with Crippen LogP contribution in [0, 0.1) is 19.7 Å². The van der Waals surface area contributed by atoms with E-state index in [2.05, 4.69) is 20.8 Å². The minimum Gasteiger partial charge on any atom is -0.323 e. The van der Waals surface area contributed by atoms with Crippen LogP contribution < -0.4 is 5.32 Å². The summed E-state index contributed by atoms with van der Waals surface area (Å²) in [4.78, 5) is 12.4. The predicted molar refractivity (Wildman–Crippen MR) is 104 cm³/mol. The maximum Gasteiger partial charge on any atom is 0.237 e. The molecule has 1 amide bonds. The molecule has 9 heteroatoms. The van der Waals surface area contributed by atoms with Gasteiger partial charge in [-0.3, -0.25) is 4.79 Å². The molecule has 0 aliphatic rings. The zero-order chi connectivity index (χ0) is 19.6. The molecule has 0 spiro atoms. The third-order valence-corrected chi connectivity index (χ3v) is 5.13. The summed E-state index contributed by atoms with van der Waals surface area (Å²) in [5, 5.41) is 14.5. The number of rotatable bonds is 5. The summed E-state index contributed by atoms with van der Waals surface area (Å²) in [6, 6.07) is 10.0. The number of amides is 1. The van der Waals surface area contributed by atoms with Gasteiger partial charge in [-0.05, 0) is 61.0 Å². The molecule has 0 aliphatic heterocycles. The second-order valence-corrected chi connectivity index (χ2v) is 7.78. The van der Waals surface area contributed by atoms with E-state index >= 15 is 0 Å². The number of nitrogens with zero attached hydrogens (tertiary/aromatic N) is 4. The van der Waals surface area contributed by atoms with Crippen LogP contribution in [-0.4, -0.2) is 31.4 Å². The van der Waals surface area contributed by atoms with E-state index in [1.54, 1.807) is 11.6 Å². The predicted octanol–water partition coefficient (Wildman–Crippen LogP) is 4.19. The zero-order valence-electron chi connectivity index (χ0n) is 14.9. The van der Waals surface area contributed by atoms with Crippen LogP contribution in [-0.2, 0) is 4.79 Å². The summed E-state index contributed by atoms with van der Waals surface area (Å²) >= 11 is 6.91. The standard InChI is InChI=1S/C18H17ClFN5OS/c1-10-4-7-16(11(2)8-10)25-18(22-23-24-25)27-12(3)17(26)21-15-6-5-13(19)9-14(15)20/h4-9,12H,1-3H3,(H,21,26)/t12-/m1/s1. The van der Waals surface area contributed by atoms with Gasteiger partial charge in [-0.2, -0.15) is 4.68 Å². The van der Waals surface area contributed by atoms with Crippen molar-refractivity contribution >= 4 is 35.0 Å². The highest BCUT2D eigenvalue weighted by Crippen LogP contribution is 2.26. The van der Waals surface area contributed by atoms with Gasteiger partial charge in [-0.1, -0.05) is 41.1 Å². The molecule has 0 bridgehead atoms. The van der Waals surface area contributed by atoms with Gasteiger partial charge in [0.05, 0.1) is 16.6 Å². The highest BCUT2D eigenvalue weighted by atomic mass is 35.5. The molecule has 1 atom stereocenters. The molecule has 0 fully saturated rings. The number of benzene rings is 2. The molecule has 140 valence electrons. The van der Waals surface area contributed by atoms with Crippen LogP contribution in [0.15, 0.2) is 41.6 Å². The number of hydrogen-bond acceptors (Lipinski definition) is 5. The van der Waals surface area contributed by atoms with E-state index in [-0.39, 0.29) is 16.6 Å². The first-order valence-electron chi connectivity index (χ1n) is 8.13. The lowest BCUT2D eigenvalue weighted by molar-refractivity contribution is -0.115. The zero-order valence-corrected chi connectivity index (χ0v) is 16.5. The van der Waals surface area contributed by atoms with Crippen molar-refractivity contribution in [3.63, 3.8) is 0 Å². The van der Waals surface area contributed by atoms with Crippen LogP contribution in [0.2, 0.25) is 5.02 Å². The van der Waals surface area contributed by atoms with Gasteiger partial charge < -0.3 is 5.32 Å². The van der Waals surface area contributed by atoms with Crippen molar-refractivity contribution in [3.05, 3.63) is 58.4 Å². The van der Waals surface area contributed by atoms with Gasteiger partial charge in [0, 0.05) is 5.02 Å². The van der Waals surface area contributed by atoms with Crippen molar-refractivity contribution in [2.45, 2.75) is 31.2 Å². The summed E-state index contributed by atoms with van der Waals surface area (Å²) in [7, 11) is 0. The Bertz CT molecular complexity index is 994. The van der Waals surface area contributed by atoms with E-state index in [9.17, 15) is 9.18 Å². The van der Waals surface area contributed by atoms with Gasteiger partial charge >= 0.3 is 0 Å². The topological polar surface area (TPSA) is 72.7 Å². The molecule has 0 radical (unpaired) electrons. The van der Waals surface area contributed by atoms with Crippen molar-refractivity contribution in [2.75, 3.05) is 5.32 Å². The number of tetrazole rings is 1. The van der Waals surface area contributed by atoms with E-state index in [1.807, 2.05) is 32.0 Å². The van der Waals surface area contributed by atoms with Crippen molar-refractivity contribution in [3.8, 4) is 5.69 Å².